The molecular formula is C17H17F3N2S. The summed E-state index contributed by atoms with van der Waals surface area (Å²) in [7, 11) is 0. The van der Waals surface area contributed by atoms with Crippen molar-refractivity contribution < 1.29 is 13.2 Å². The molecule has 0 aliphatic carbocycles. The second-order valence-electron chi connectivity index (χ2n) is 5.04. The van der Waals surface area contributed by atoms with Crippen molar-refractivity contribution in [1.29, 1.82) is 0 Å². The van der Waals surface area contributed by atoms with Gasteiger partial charge in [0.1, 0.15) is 0 Å². The van der Waals surface area contributed by atoms with Gasteiger partial charge < -0.3 is 10.2 Å². The lowest BCUT2D eigenvalue weighted by molar-refractivity contribution is -0.137. The van der Waals surface area contributed by atoms with Gasteiger partial charge >= 0.3 is 6.18 Å². The number of benzene rings is 2. The third kappa shape index (κ3) is 4.22. The number of aryl methyl sites for hydroxylation is 1. The normalized spacial score (nSPS) is 11.2. The van der Waals surface area contributed by atoms with Crippen molar-refractivity contribution in [2.24, 2.45) is 0 Å². The Kier molecular flexibility index (Phi) is 5.26. The summed E-state index contributed by atoms with van der Waals surface area (Å²) < 4.78 is 38.3. The van der Waals surface area contributed by atoms with Crippen molar-refractivity contribution in [3.8, 4) is 0 Å². The van der Waals surface area contributed by atoms with Crippen molar-refractivity contribution in [2.45, 2.75) is 20.0 Å². The summed E-state index contributed by atoms with van der Waals surface area (Å²) in [6.07, 6.45) is -4.38. The summed E-state index contributed by atoms with van der Waals surface area (Å²) in [4.78, 5) is 1.85. The van der Waals surface area contributed by atoms with Gasteiger partial charge in [-0.05, 0) is 55.9 Å². The van der Waals surface area contributed by atoms with E-state index in [1.54, 1.807) is 6.07 Å². The molecule has 0 radical (unpaired) electrons. The molecule has 0 saturated carbocycles. The van der Waals surface area contributed by atoms with Gasteiger partial charge in [0, 0.05) is 17.9 Å². The van der Waals surface area contributed by atoms with Gasteiger partial charge in [-0.1, -0.05) is 24.3 Å². The molecule has 0 unspecified atom stereocenters. The average molecular weight is 338 g/mol. The molecule has 6 heteroatoms. The van der Waals surface area contributed by atoms with Crippen LogP contribution in [0.2, 0.25) is 0 Å². The van der Waals surface area contributed by atoms with Crippen LogP contribution in [0.5, 0.6) is 0 Å². The molecule has 23 heavy (non-hydrogen) atoms. The molecule has 0 aromatic heterocycles. The lowest BCUT2D eigenvalue weighted by Gasteiger charge is -2.26. The first kappa shape index (κ1) is 17.3. The molecule has 0 aliphatic heterocycles. The van der Waals surface area contributed by atoms with E-state index in [9.17, 15) is 13.2 Å². The van der Waals surface area contributed by atoms with Gasteiger partial charge in [-0.25, -0.2) is 0 Å². The predicted molar refractivity (Wildman–Crippen MR) is 91.9 cm³/mol. The molecular weight excluding hydrogens is 321 g/mol. The van der Waals surface area contributed by atoms with Crippen molar-refractivity contribution in [3.63, 3.8) is 0 Å². The number of rotatable bonds is 3. The topological polar surface area (TPSA) is 15.3 Å². The highest BCUT2D eigenvalue weighted by molar-refractivity contribution is 7.80. The van der Waals surface area contributed by atoms with E-state index < -0.39 is 11.7 Å². The lowest BCUT2D eigenvalue weighted by Crippen LogP contribution is -2.35. The Labute approximate surface area is 138 Å². The summed E-state index contributed by atoms with van der Waals surface area (Å²) in [5.41, 5.74) is 1.59. The standard InChI is InChI=1S/C17H17F3N2S/c1-3-22(15-10-5-4-7-12(15)2)16(23)21-14-9-6-8-13(11-14)17(18,19)20/h4-11H,3H2,1-2H3,(H,21,23). The Balaban J connectivity index is 2.22. The zero-order valence-corrected chi connectivity index (χ0v) is 13.6. The minimum atomic E-state index is -4.38. The molecule has 0 atom stereocenters. The smallest absolute Gasteiger partial charge is 0.332 e. The third-order valence-corrected chi connectivity index (χ3v) is 3.73. The van der Waals surface area contributed by atoms with Crippen LogP contribution >= 0.6 is 12.2 Å². The summed E-state index contributed by atoms with van der Waals surface area (Å²) in [6.45, 7) is 4.51. The highest BCUT2D eigenvalue weighted by Crippen LogP contribution is 2.31. The molecule has 122 valence electrons. The van der Waals surface area contributed by atoms with E-state index in [1.165, 1.54) is 6.07 Å². The first-order valence-electron chi connectivity index (χ1n) is 7.14. The summed E-state index contributed by atoms with van der Waals surface area (Å²) in [5, 5.41) is 3.25. The second kappa shape index (κ2) is 7.00. The number of alkyl halides is 3. The molecule has 0 bridgehead atoms. The van der Waals surface area contributed by atoms with Gasteiger partial charge in [0.25, 0.3) is 0 Å². The summed E-state index contributed by atoms with van der Waals surface area (Å²) in [6, 6.07) is 12.7. The minimum Gasteiger partial charge on any atom is -0.332 e. The van der Waals surface area contributed by atoms with E-state index in [-0.39, 0.29) is 0 Å². The summed E-state index contributed by atoms with van der Waals surface area (Å²) in [5.74, 6) is 0. The predicted octanol–water partition coefficient (Wildman–Crippen LogP) is 5.24. The quantitative estimate of drug-likeness (QED) is 0.771. The highest BCUT2D eigenvalue weighted by Gasteiger charge is 2.30. The average Bonchev–Trinajstić information content (AvgIpc) is 2.49. The number of para-hydroxylation sites is 1. The molecule has 2 aromatic carbocycles. The largest absolute Gasteiger partial charge is 0.416 e. The maximum Gasteiger partial charge on any atom is 0.416 e. The molecule has 2 nitrogen and oxygen atoms in total. The highest BCUT2D eigenvalue weighted by atomic mass is 32.1. The molecule has 1 N–H and O–H groups in total. The van der Waals surface area contributed by atoms with E-state index in [1.807, 2.05) is 43.0 Å². The van der Waals surface area contributed by atoms with Gasteiger partial charge in [0.15, 0.2) is 5.11 Å². The molecule has 0 spiro atoms. The van der Waals surface area contributed by atoms with E-state index in [0.29, 0.717) is 17.3 Å². The van der Waals surface area contributed by atoms with Crippen LogP contribution in [-0.2, 0) is 6.18 Å². The number of nitrogens with zero attached hydrogens (tertiary/aromatic N) is 1. The van der Waals surface area contributed by atoms with E-state index >= 15 is 0 Å². The van der Waals surface area contributed by atoms with Crippen LogP contribution in [-0.4, -0.2) is 11.7 Å². The minimum absolute atomic E-state index is 0.317. The monoisotopic (exact) mass is 338 g/mol. The number of hydrogen-bond acceptors (Lipinski definition) is 1. The molecule has 0 aliphatic rings. The first-order valence-corrected chi connectivity index (χ1v) is 7.55. The van der Waals surface area contributed by atoms with Crippen LogP contribution in [0.4, 0.5) is 24.5 Å². The number of hydrogen-bond donors (Lipinski definition) is 1. The molecule has 0 saturated heterocycles. The third-order valence-electron chi connectivity index (χ3n) is 3.41. The number of anilines is 2. The first-order chi connectivity index (χ1) is 10.8. The zero-order chi connectivity index (χ0) is 17.0. The van der Waals surface area contributed by atoms with Gasteiger partial charge in [-0.2, -0.15) is 13.2 Å². The van der Waals surface area contributed by atoms with Crippen molar-refractivity contribution >= 4 is 28.7 Å². The van der Waals surface area contributed by atoms with Crippen molar-refractivity contribution in [2.75, 3.05) is 16.8 Å². The van der Waals surface area contributed by atoms with Crippen LogP contribution in [0, 0.1) is 6.92 Å². The zero-order valence-electron chi connectivity index (χ0n) is 12.8. The van der Waals surface area contributed by atoms with E-state index in [2.05, 4.69) is 5.32 Å². The molecule has 2 rings (SSSR count). The number of halogens is 3. The Bertz CT molecular complexity index is 698. The van der Waals surface area contributed by atoms with Gasteiger partial charge in [0.05, 0.1) is 5.56 Å². The Morgan fingerprint density at radius 1 is 1.13 bits per heavy atom. The molecule has 0 amide bonds. The van der Waals surface area contributed by atoms with Crippen LogP contribution in [0.3, 0.4) is 0 Å². The number of nitrogens with one attached hydrogen (secondary N) is 1. The van der Waals surface area contributed by atoms with Crippen LogP contribution in [0.1, 0.15) is 18.1 Å². The second-order valence-corrected chi connectivity index (χ2v) is 5.43. The van der Waals surface area contributed by atoms with Crippen LogP contribution < -0.4 is 10.2 Å². The van der Waals surface area contributed by atoms with E-state index in [4.69, 9.17) is 12.2 Å². The van der Waals surface area contributed by atoms with Gasteiger partial charge in [-0.3, -0.25) is 0 Å². The fourth-order valence-corrected chi connectivity index (χ4v) is 2.60. The Morgan fingerprint density at radius 3 is 2.43 bits per heavy atom. The molecule has 2 aromatic rings. The van der Waals surface area contributed by atoms with E-state index in [0.717, 1.165) is 23.4 Å². The fraction of sp³-hybridized carbons (Fsp3) is 0.235. The van der Waals surface area contributed by atoms with Crippen molar-refractivity contribution in [3.05, 3.63) is 59.7 Å². The molecule has 0 fully saturated rings. The van der Waals surface area contributed by atoms with Gasteiger partial charge in [-0.15, -0.1) is 0 Å². The Morgan fingerprint density at radius 2 is 1.83 bits per heavy atom. The van der Waals surface area contributed by atoms with Crippen LogP contribution in [0.15, 0.2) is 48.5 Å². The maximum atomic E-state index is 12.8. The van der Waals surface area contributed by atoms with Crippen molar-refractivity contribution in [1.82, 2.24) is 0 Å². The lowest BCUT2D eigenvalue weighted by atomic mass is 10.2. The molecule has 0 heterocycles. The summed E-state index contributed by atoms with van der Waals surface area (Å²) >= 11 is 5.37. The maximum absolute atomic E-state index is 12.8. The fourth-order valence-electron chi connectivity index (χ4n) is 2.25. The van der Waals surface area contributed by atoms with Gasteiger partial charge in [0.2, 0.25) is 0 Å². The van der Waals surface area contributed by atoms with Crippen LogP contribution in [0.25, 0.3) is 0 Å². The Hall–Kier alpha value is -2.08. The number of thiocarbonyl (C=S) groups is 1. The SMILES string of the molecule is CCN(C(=S)Nc1cccc(C(F)(F)F)c1)c1ccccc1C.